The third-order valence-corrected chi connectivity index (χ3v) is 3.12. The van der Waals surface area contributed by atoms with Crippen molar-refractivity contribution in [1.29, 1.82) is 0 Å². The molecule has 1 aromatic carbocycles. The number of H-pyrrole nitrogens is 1. The van der Waals surface area contributed by atoms with E-state index in [1.54, 1.807) is 6.07 Å². The number of rotatable bonds is 6. The molecule has 0 aliphatic heterocycles. The highest BCUT2D eigenvalue weighted by Gasteiger charge is 2.26. The standard InChI is InChI=1S/C15H16FN3O3/c1-2-5-9-8-12(19-18-9)14(20)17-13(15(21)22)10-6-3-4-7-11(10)16/h3-4,6-8,13H,2,5H2,1H3,(H,17,20)(H,18,19)(H,21,22). The van der Waals surface area contributed by atoms with Gasteiger partial charge < -0.3 is 10.4 Å². The second kappa shape index (κ2) is 6.84. The molecular formula is C15H16FN3O3. The number of carbonyl (C=O) groups excluding carboxylic acids is 1. The molecule has 6 nitrogen and oxygen atoms in total. The number of halogens is 1. The van der Waals surface area contributed by atoms with E-state index < -0.39 is 23.7 Å². The summed E-state index contributed by atoms with van der Waals surface area (Å²) in [6, 6.07) is 5.50. The zero-order valence-electron chi connectivity index (χ0n) is 12.0. The summed E-state index contributed by atoms with van der Waals surface area (Å²) in [6.45, 7) is 1.99. The number of nitrogens with one attached hydrogen (secondary N) is 2. The lowest BCUT2D eigenvalue weighted by Gasteiger charge is -2.14. The molecule has 1 unspecified atom stereocenters. The van der Waals surface area contributed by atoms with Crippen molar-refractivity contribution in [3.8, 4) is 0 Å². The maximum Gasteiger partial charge on any atom is 0.331 e. The molecule has 0 bridgehead atoms. The van der Waals surface area contributed by atoms with E-state index in [0.717, 1.165) is 24.6 Å². The first-order valence-electron chi connectivity index (χ1n) is 6.85. The van der Waals surface area contributed by atoms with Crippen LogP contribution in [0.2, 0.25) is 0 Å². The van der Waals surface area contributed by atoms with Crippen molar-refractivity contribution in [2.75, 3.05) is 0 Å². The van der Waals surface area contributed by atoms with Crippen molar-refractivity contribution in [3.05, 3.63) is 53.1 Å². The number of hydrogen-bond acceptors (Lipinski definition) is 3. The van der Waals surface area contributed by atoms with E-state index in [1.807, 2.05) is 6.92 Å². The third kappa shape index (κ3) is 3.49. The molecule has 2 rings (SSSR count). The summed E-state index contributed by atoms with van der Waals surface area (Å²) in [6.07, 6.45) is 1.62. The van der Waals surface area contributed by atoms with E-state index in [4.69, 9.17) is 0 Å². The molecule has 1 amide bonds. The van der Waals surface area contributed by atoms with Gasteiger partial charge in [-0.15, -0.1) is 0 Å². The maximum absolute atomic E-state index is 13.7. The van der Waals surface area contributed by atoms with Gasteiger partial charge in [-0.1, -0.05) is 31.5 Å². The van der Waals surface area contributed by atoms with E-state index in [-0.39, 0.29) is 11.3 Å². The highest BCUT2D eigenvalue weighted by molar-refractivity contribution is 5.95. The Balaban J connectivity index is 2.19. The maximum atomic E-state index is 13.7. The minimum absolute atomic E-state index is 0.0750. The SMILES string of the molecule is CCCc1cc(C(=O)NC(C(=O)O)c2ccccc2F)n[nH]1. The number of carboxylic acid groups (broad SMARTS) is 1. The Labute approximate surface area is 126 Å². The molecule has 22 heavy (non-hydrogen) atoms. The van der Waals surface area contributed by atoms with E-state index in [1.165, 1.54) is 18.2 Å². The number of benzene rings is 1. The van der Waals surface area contributed by atoms with Crippen LogP contribution in [0.25, 0.3) is 0 Å². The Morgan fingerprint density at radius 2 is 2.14 bits per heavy atom. The number of hydrogen-bond donors (Lipinski definition) is 3. The molecule has 116 valence electrons. The lowest BCUT2D eigenvalue weighted by Crippen LogP contribution is -2.34. The summed E-state index contributed by atoms with van der Waals surface area (Å²) >= 11 is 0. The molecule has 2 aromatic rings. The van der Waals surface area contributed by atoms with Crippen molar-refractivity contribution in [1.82, 2.24) is 15.5 Å². The first-order valence-corrected chi connectivity index (χ1v) is 6.85. The predicted octanol–water partition coefficient (Wildman–Crippen LogP) is 2.06. The number of aromatic nitrogens is 2. The van der Waals surface area contributed by atoms with Gasteiger partial charge in [0.1, 0.15) is 11.5 Å². The fourth-order valence-electron chi connectivity index (χ4n) is 2.06. The van der Waals surface area contributed by atoms with E-state index in [9.17, 15) is 19.1 Å². The van der Waals surface area contributed by atoms with Gasteiger partial charge in [-0.05, 0) is 18.6 Å². The number of aliphatic carboxylic acids is 1. The lowest BCUT2D eigenvalue weighted by molar-refractivity contribution is -0.139. The topological polar surface area (TPSA) is 95.1 Å². The Morgan fingerprint density at radius 1 is 1.41 bits per heavy atom. The highest BCUT2D eigenvalue weighted by Crippen LogP contribution is 2.17. The number of carboxylic acids is 1. The van der Waals surface area contributed by atoms with Gasteiger partial charge in [0.2, 0.25) is 0 Å². The molecule has 7 heteroatoms. The smallest absolute Gasteiger partial charge is 0.331 e. The van der Waals surface area contributed by atoms with Crippen LogP contribution in [0.15, 0.2) is 30.3 Å². The molecule has 0 aliphatic rings. The average molecular weight is 305 g/mol. The first kappa shape index (κ1) is 15.7. The molecule has 0 aliphatic carbocycles. The van der Waals surface area contributed by atoms with Crippen LogP contribution in [0.3, 0.4) is 0 Å². The molecule has 0 radical (unpaired) electrons. The van der Waals surface area contributed by atoms with Crippen LogP contribution < -0.4 is 5.32 Å². The van der Waals surface area contributed by atoms with Gasteiger partial charge in [0.15, 0.2) is 6.04 Å². The zero-order chi connectivity index (χ0) is 16.1. The summed E-state index contributed by atoms with van der Waals surface area (Å²) in [5.74, 6) is -2.71. The Kier molecular flexibility index (Phi) is 4.88. The lowest BCUT2D eigenvalue weighted by atomic mass is 10.1. The second-order valence-corrected chi connectivity index (χ2v) is 4.79. The Bertz CT molecular complexity index is 684. The van der Waals surface area contributed by atoms with Gasteiger partial charge in [0.05, 0.1) is 0 Å². The molecular weight excluding hydrogens is 289 g/mol. The zero-order valence-corrected chi connectivity index (χ0v) is 12.0. The Hall–Kier alpha value is -2.70. The number of carbonyl (C=O) groups is 2. The van der Waals surface area contributed by atoms with Gasteiger partial charge in [-0.25, -0.2) is 9.18 Å². The van der Waals surface area contributed by atoms with Crippen LogP contribution in [0.4, 0.5) is 4.39 Å². The van der Waals surface area contributed by atoms with E-state index >= 15 is 0 Å². The van der Waals surface area contributed by atoms with E-state index in [2.05, 4.69) is 15.5 Å². The van der Waals surface area contributed by atoms with Crippen molar-refractivity contribution in [2.24, 2.45) is 0 Å². The molecule has 0 spiro atoms. The van der Waals surface area contributed by atoms with Crippen molar-refractivity contribution >= 4 is 11.9 Å². The molecule has 1 heterocycles. The van der Waals surface area contributed by atoms with Crippen LogP contribution in [-0.2, 0) is 11.2 Å². The van der Waals surface area contributed by atoms with Crippen LogP contribution in [-0.4, -0.2) is 27.2 Å². The van der Waals surface area contributed by atoms with Crippen LogP contribution in [0, 0.1) is 5.82 Å². The normalized spacial score (nSPS) is 11.9. The van der Waals surface area contributed by atoms with Gasteiger partial charge in [0.25, 0.3) is 5.91 Å². The number of amides is 1. The third-order valence-electron chi connectivity index (χ3n) is 3.12. The highest BCUT2D eigenvalue weighted by atomic mass is 19.1. The fourth-order valence-corrected chi connectivity index (χ4v) is 2.06. The van der Waals surface area contributed by atoms with Gasteiger partial charge in [-0.3, -0.25) is 9.89 Å². The van der Waals surface area contributed by atoms with Crippen LogP contribution in [0.1, 0.15) is 41.1 Å². The largest absolute Gasteiger partial charge is 0.479 e. The van der Waals surface area contributed by atoms with Gasteiger partial charge in [0, 0.05) is 11.3 Å². The summed E-state index contributed by atoms with van der Waals surface area (Å²) in [4.78, 5) is 23.4. The summed E-state index contributed by atoms with van der Waals surface area (Å²) in [5, 5.41) is 18.1. The number of aromatic amines is 1. The predicted molar refractivity (Wildman–Crippen MR) is 76.8 cm³/mol. The summed E-state index contributed by atoms with van der Waals surface area (Å²) < 4.78 is 13.7. The minimum Gasteiger partial charge on any atom is -0.479 e. The van der Waals surface area contributed by atoms with Crippen molar-refractivity contribution in [3.63, 3.8) is 0 Å². The molecule has 0 saturated heterocycles. The van der Waals surface area contributed by atoms with E-state index in [0.29, 0.717) is 0 Å². The monoisotopic (exact) mass is 305 g/mol. The van der Waals surface area contributed by atoms with Crippen molar-refractivity contribution < 1.29 is 19.1 Å². The first-order chi connectivity index (χ1) is 10.5. The fraction of sp³-hybridized carbons (Fsp3) is 0.267. The van der Waals surface area contributed by atoms with Crippen LogP contribution >= 0.6 is 0 Å². The molecule has 1 aromatic heterocycles. The second-order valence-electron chi connectivity index (χ2n) is 4.79. The molecule has 0 saturated carbocycles. The summed E-state index contributed by atoms with van der Waals surface area (Å²) in [7, 11) is 0. The quantitative estimate of drug-likeness (QED) is 0.761. The van der Waals surface area contributed by atoms with Gasteiger partial charge >= 0.3 is 5.97 Å². The summed E-state index contributed by atoms with van der Waals surface area (Å²) in [5.41, 5.74) is 0.754. The average Bonchev–Trinajstić information content (AvgIpc) is 2.94. The molecule has 1 atom stereocenters. The van der Waals surface area contributed by atoms with Gasteiger partial charge in [-0.2, -0.15) is 5.10 Å². The minimum atomic E-state index is -1.47. The van der Waals surface area contributed by atoms with Crippen LogP contribution in [0.5, 0.6) is 0 Å². The number of nitrogens with zero attached hydrogens (tertiary/aromatic N) is 1. The number of aryl methyl sites for hydroxylation is 1. The molecule has 3 N–H and O–H groups in total. The van der Waals surface area contributed by atoms with Crippen molar-refractivity contribution in [2.45, 2.75) is 25.8 Å². The Morgan fingerprint density at radius 3 is 2.77 bits per heavy atom. The molecule has 0 fully saturated rings.